The average Bonchev–Trinajstić information content (AvgIpc) is 2.80. The van der Waals surface area contributed by atoms with E-state index in [0.717, 1.165) is 23.9 Å². The molecule has 0 radical (unpaired) electrons. The van der Waals surface area contributed by atoms with Gasteiger partial charge in [-0.2, -0.15) is 0 Å². The number of amides is 1. The lowest BCUT2D eigenvalue weighted by atomic mass is 10.1. The quantitative estimate of drug-likeness (QED) is 0.628. The topological polar surface area (TPSA) is 80.5 Å². The number of benzene rings is 1. The fraction of sp³-hybridized carbons (Fsp3) is 0.429. The summed E-state index contributed by atoms with van der Waals surface area (Å²) in [6.07, 6.45) is 0.202. The molecule has 0 N–H and O–H groups in total. The van der Waals surface area contributed by atoms with Crippen molar-refractivity contribution in [3.8, 4) is 0 Å². The van der Waals surface area contributed by atoms with E-state index in [2.05, 4.69) is 0 Å². The van der Waals surface area contributed by atoms with Crippen molar-refractivity contribution in [2.24, 2.45) is 5.92 Å². The molecule has 1 aliphatic heterocycles. The number of carbonyl (C=O) groups is 2. The summed E-state index contributed by atoms with van der Waals surface area (Å²) in [5.41, 5.74) is -0.181. The molecule has 2 rings (SSSR count). The molecule has 1 aliphatic rings. The number of thioether (sulfide) groups is 1. The van der Waals surface area contributed by atoms with Crippen LogP contribution in [0.25, 0.3) is 0 Å². The Balaban J connectivity index is 2.32. The number of nitrogens with zero attached hydrogens (tertiary/aromatic N) is 2. The number of hydrogen-bond donors (Lipinski definition) is 0. The van der Waals surface area contributed by atoms with Crippen LogP contribution in [0.2, 0.25) is 0 Å². The van der Waals surface area contributed by atoms with E-state index in [4.69, 9.17) is 0 Å². The number of rotatable bonds is 4. The summed E-state index contributed by atoms with van der Waals surface area (Å²) in [5, 5.41) is 11.1. The summed E-state index contributed by atoms with van der Waals surface area (Å²) in [7, 11) is 0. The van der Waals surface area contributed by atoms with Crippen molar-refractivity contribution in [2.45, 2.75) is 20.3 Å². The van der Waals surface area contributed by atoms with Crippen molar-refractivity contribution in [2.75, 3.05) is 17.2 Å². The van der Waals surface area contributed by atoms with Crippen LogP contribution < -0.4 is 4.90 Å². The summed E-state index contributed by atoms with van der Waals surface area (Å²) in [5.74, 6) is -0.482. The molecule has 1 unspecified atom stereocenters. The fourth-order valence-corrected chi connectivity index (χ4v) is 3.19. The van der Waals surface area contributed by atoms with Gasteiger partial charge in [-0.3, -0.25) is 19.7 Å². The zero-order chi connectivity index (χ0) is 16.4. The summed E-state index contributed by atoms with van der Waals surface area (Å²) in [6, 6.07) is 2.10. The third kappa shape index (κ3) is 3.27. The first kappa shape index (κ1) is 16.4. The van der Waals surface area contributed by atoms with Crippen molar-refractivity contribution < 1.29 is 18.9 Å². The van der Waals surface area contributed by atoms with E-state index in [1.165, 1.54) is 18.7 Å². The predicted octanol–water partition coefficient (Wildman–Crippen LogP) is 2.67. The fourth-order valence-electron chi connectivity index (χ4n) is 2.49. The standard InChI is InChI=1S/C14H15FN2O4S/c1-8-11(15)3-4-12(17(20)21)14(8)16-6-10(5-13(16)19)7-22-9(2)18/h3-4,10H,5-7H2,1-2H3. The molecular weight excluding hydrogens is 311 g/mol. The molecule has 8 heteroatoms. The molecule has 1 heterocycles. The molecule has 1 atom stereocenters. The molecule has 1 fully saturated rings. The van der Waals surface area contributed by atoms with Crippen LogP contribution in [0.5, 0.6) is 0 Å². The van der Waals surface area contributed by atoms with Crippen molar-refractivity contribution in [3.63, 3.8) is 0 Å². The normalized spacial score (nSPS) is 17.9. The van der Waals surface area contributed by atoms with Crippen molar-refractivity contribution in [3.05, 3.63) is 33.6 Å². The van der Waals surface area contributed by atoms with Gasteiger partial charge >= 0.3 is 0 Å². The number of nitro groups is 1. The first-order valence-corrected chi connectivity index (χ1v) is 7.67. The molecule has 22 heavy (non-hydrogen) atoms. The number of carbonyl (C=O) groups excluding carboxylic acids is 2. The highest BCUT2D eigenvalue weighted by molar-refractivity contribution is 8.13. The molecule has 118 valence electrons. The van der Waals surface area contributed by atoms with Gasteiger partial charge in [0.1, 0.15) is 11.5 Å². The molecule has 1 amide bonds. The van der Waals surface area contributed by atoms with E-state index < -0.39 is 10.7 Å². The van der Waals surface area contributed by atoms with Crippen LogP contribution in [0.15, 0.2) is 12.1 Å². The molecular formula is C14H15FN2O4S. The second-order valence-electron chi connectivity index (χ2n) is 5.17. The SMILES string of the molecule is CC(=O)SCC1CC(=O)N(c2c([N+](=O)[O-])ccc(F)c2C)C1. The molecule has 6 nitrogen and oxygen atoms in total. The van der Waals surface area contributed by atoms with Gasteiger partial charge < -0.3 is 4.90 Å². The van der Waals surface area contributed by atoms with Crippen molar-refractivity contribution >= 4 is 34.2 Å². The van der Waals surface area contributed by atoms with Crippen LogP contribution in [0.3, 0.4) is 0 Å². The Hall–Kier alpha value is -1.96. The Morgan fingerprint density at radius 2 is 2.23 bits per heavy atom. The minimum absolute atomic E-state index is 0.0188. The highest BCUT2D eigenvalue weighted by atomic mass is 32.2. The van der Waals surface area contributed by atoms with Crippen molar-refractivity contribution in [1.82, 2.24) is 0 Å². The summed E-state index contributed by atoms with van der Waals surface area (Å²) < 4.78 is 13.7. The van der Waals surface area contributed by atoms with Crippen LogP contribution in [-0.2, 0) is 9.59 Å². The first-order chi connectivity index (χ1) is 10.3. The van der Waals surface area contributed by atoms with Crippen LogP contribution in [0, 0.1) is 28.8 Å². The minimum atomic E-state index is -0.618. The number of nitro benzene ring substituents is 1. The van der Waals surface area contributed by atoms with Crippen LogP contribution in [0.4, 0.5) is 15.8 Å². The lowest BCUT2D eigenvalue weighted by Crippen LogP contribution is -2.26. The molecule has 1 aromatic rings. The average molecular weight is 326 g/mol. The van der Waals surface area contributed by atoms with E-state index >= 15 is 0 Å². The van der Waals surface area contributed by atoms with Crippen LogP contribution in [0.1, 0.15) is 18.9 Å². The van der Waals surface area contributed by atoms with Gasteiger partial charge in [0.25, 0.3) is 5.69 Å². The lowest BCUT2D eigenvalue weighted by molar-refractivity contribution is -0.384. The largest absolute Gasteiger partial charge is 0.306 e. The summed E-state index contributed by atoms with van der Waals surface area (Å²) in [4.78, 5) is 34.9. The smallest absolute Gasteiger partial charge is 0.293 e. The van der Waals surface area contributed by atoms with E-state index in [9.17, 15) is 24.1 Å². The summed E-state index contributed by atoms with van der Waals surface area (Å²) in [6.45, 7) is 3.12. The lowest BCUT2D eigenvalue weighted by Gasteiger charge is -2.19. The van der Waals surface area contributed by atoms with Crippen LogP contribution in [-0.4, -0.2) is 28.2 Å². The van der Waals surface area contributed by atoms with Gasteiger partial charge in [0, 0.05) is 37.3 Å². The number of hydrogen-bond acceptors (Lipinski definition) is 5. The Morgan fingerprint density at radius 1 is 1.55 bits per heavy atom. The maximum absolute atomic E-state index is 13.7. The predicted molar refractivity (Wildman–Crippen MR) is 81.4 cm³/mol. The summed E-state index contributed by atoms with van der Waals surface area (Å²) >= 11 is 1.12. The van der Waals surface area contributed by atoms with Gasteiger partial charge in [-0.05, 0) is 18.9 Å². The van der Waals surface area contributed by atoms with Crippen LogP contribution >= 0.6 is 11.8 Å². The Bertz CT molecular complexity index is 650. The molecule has 1 aromatic carbocycles. The minimum Gasteiger partial charge on any atom is -0.306 e. The molecule has 0 aliphatic carbocycles. The molecule has 0 aromatic heterocycles. The van der Waals surface area contributed by atoms with Crippen molar-refractivity contribution in [1.29, 1.82) is 0 Å². The zero-order valence-electron chi connectivity index (χ0n) is 12.2. The third-order valence-electron chi connectivity index (χ3n) is 3.54. The molecule has 0 bridgehead atoms. The number of halogens is 1. The molecule has 0 saturated carbocycles. The molecule has 1 saturated heterocycles. The first-order valence-electron chi connectivity index (χ1n) is 6.68. The highest BCUT2D eigenvalue weighted by Gasteiger charge is 2.36. The maximum atomic E-state index is 13.7. The maximum Gasteiger partial charge on any atom is 0.293 e. The third-order valence-corrected chi connectivity index (χ3v) is 4.58. The van der Waals surface area contributed by atoms with Gasteiger partial charge in [-0.25, -0.2) is 4.39 Å². The highest BCUT2D eigenvalue weighted by Crippen LogP contribution is 2.37. The van der Waals surface area contributed by atoms with Gasteiger partial charge in [0.15, 0.2) is 5.12 Å². The van der Waals surface area contributed by atoms with E-state index in [-0.39, 0.29) is 46.8 Å². The Labute approximate surface area is 130 Å². The van der Waals surface area contributed by atoms with Gasteiger partial charge in [-0.1, -0.05) is 11.8 Å². The second-order valence-corrected chi connectivity index (χ2v) is 6.37. The monoisotopic (exact) mass is 326 g/mol. The molecule has 0 spiro atoms. The van der Waals surface area contributed by atoms with E-state index in [1.54, 1.807) is 0 Å². The van der Waals surface area contributed by atoms with Gasteiger partial charge in [0.05, 0.1) is 4.92 Å². The van der Waals surface area contributed by atoms with Gasteiger partial charge in [0.2, 0.25) is 5.91 Å². The zero-order valence-corrected chi connectivity index (χ0v) is 13.0. The van der Waals surface area contributed by atoms with Gasteiger partial charge in [-0.15, -0.1) is 0 Å². The number of anilines is 1. The Morgan fingerprint density at radius 3 is 2.82 bits per heavy atom. The Kier molecular flexibility index (Phi) is 4.80. The second kappa shape index (κ2) is 6.43. The van der Waals surface area contributed by atoms with E-state index in [1.807, 2.05) is 0 Å². The van der Waals surface area contributed by atoms with E-state index in [0.29, 0.717) is 5.75 Å².